The summed E-state index contributed by atoms with van der Waals surface area (Å²) in [5, 5.41) is 18.6. The number of rotatable bonds is 2. The van der Waals surface area contributed by atoms with Crippen LogP contribution in [0.15, 0.2) is 12.1 Å². The maximum absolute atomic E-state index is 10.9. The first-order chi connectivity index (χ1) is 6.06. The van der Waals surface area contributed by atoms with Crippen LogP contribution >= 0.6 is 0 Å². The normalized spacial score (nSPS) is 9.69. The van der Waals surface area contributed by atoms with Crippen molar-refractivity contribution < 1.29 is 19.7 Å². The molecule has 0 radical (unpaired) electrons. The largest absolute Gasteiger partial charge is 0.504 e. The van der Waals surface area contributed by atoms with Crippen LogP contribution in [0.4, 0.5) is 0 Å². The fourth-order valence-electron chi connectivity index (χ4n) is 1.01. The van der Waals surface area contributed by atoms with Gasteiger partial charge in [0.15, 0.2) is 17.3 Å². The van der Waals surface area contributed by atoms with E-state index in [-0.39, 0.29) is 28.6 Å². The van der Waals surface area contributed by atoms with Gasteiger partial charge in [0.25, 0.3) is 0 Å². The molecule has 0 aliphatic heterocycles. The van der Waals surface area contributed by atoms with Gasteiger partial charge in [0.05, 0.1) is 7.11 Å². The summed E-state index contributed by atoms with van der Waals surface area (Å²) < 4.78 is 4.70. The van der Waals surface area contributed by atoms with E-state index in [0.29, 0.717) is 0 Å². The van der Waals surface area contributed by atoms with Gasteiger partial charge in [0, 0.05) is 5.56 Å². The monoisotopic (exact) mass is 182 g/mol. The average Bonchev–Trinajstić information content (AvgIpc) is 2.03. The predicted octanol–water partition coefficient (Wildman–Crippen LogP) is 1.31. The molecule has 4 nitrogen and oxygen atoms in total. The van der Waals surface area contributed by atoms with Crippen LogP contribution in [-0.2, 0) is 0 Å². The highest BCUT2D eigenvalue weighted by Crippen LogP contribution is 2.36. The van der Waals surface area contributed by atoms with Crippen molar-refractivity contribution in [3.05, 3.63) is 17.7 Å². The Hall–Kier alpha value is -1.71. The van der Waals surface area contributed by atoms with Gasteiger partial charge >= 0.3 is 0 Å². The van der Waals surface area contributed by atoms with Gasteiger partial charge < -0.3 is 14.9 Å². The fraction of sp³-hybridized carbons (Fsp3) is 0.222. The number of ketones is 1. The SMILES string of the molecule is COc1c(O)cc(C(C)=O)cc1O. The van der Waals surface area contributed by atoms with E-state index in [4.69, 9.17) is 4.74 Å². The van der Waals surface area contributed by atoms with Crippen LogP contribution in [-0.4, -0.2) is 23.1 Å². The molecule has 4 heteroatoms. The Morgan fingerprint density at radius 1 is 1.31 bits per heavy atom. The summed E-state index contributed by atoms with van der Waals surface area (Å²) in [6.07, 6.45) is 0. The molecule has 0 heterocycles. The third-order valence-corrected chi connectivity index (χ3v) is 1.66. The molecule has 0 saturated carbocycles. The highest BCUT2D eigenvalue weighted by atomic mass is 16.5. The van der Waals surface area contributed by atoms with Crippen LogP contribution in [0.3, 0.4) is 0 Å². The maximum Gasteiger partial charge on any atom is 0.202 e. The summed E-state index contributed by atoms with van der Waals surface area (Å²) in [7, 11) is 1.32. The molecule has 0 fully saturated rings. The van der Waals surface area contributed by atoms with Crippen molar-refractivity contribution in [2.75, 3.05) is 7.11 Å². The zero-order valence-corrected chi connectivity index (χ0v) is 7.37. The van der Waals surface area contributed by atoms with Gasteiger partial charge in [-0.15, -0.1) is 0 Å². The average molecular weight is 182 g/mol. The Labute approximate surface area is 75.4 Å². The van der Waals surface area contributed by atoms with Crippen LogP contribution in [0, 0.1) is 0 Å². The van der Waals surface area contributed by atoms with Crippen LogP contribution in [0.5, 0.6) is 17.2 Å². The Morgan fingerprint density at radius 2 is 1.77 bits per heavy atom. The van der Waals surface area contributed by atoms with E-state index in [1.165, 1.54) is 26.2 Å². The molecule has 1 rings (SSSR count). The predicted molar refractivity (Wildman–Crippen MR) is 46.3 cm³/mol. The third kappa shape index (κ3) is 1.72. The first kappa shape index (κ1) is 9.38. The van der Waals surface area contributed by atoms with Crippen molar-refractivity contribution in [2.45, 2.75) is 6.92 Å². The molecule has 0 aliphatic rings. The summed E-state index contributed by atoms with van der Waals surface area (Å²) in [5.74, 6) is -0.737. The first-order valence-corrected chi connectivity index (χ1v) is 3.67. The van der Waals surface area contributed by atoms with E-state index in [1.54, 1.807) is 0 Å². The Kier molecular flexibility index (Phi) is 2.41. The molecule has 1 aromatic carbocycles. The fourth-order valence-corrected chi connectivity index (χ4v) is 1.01. The van der Waals surface area contributed by atoms with E-state index < -0.39 is 0 Å². The van der Waals surface area contributed by atoms with Gasteiger partial charge in [-0.25, -0.2) is 0 Å². The van der Waals surface area contributed by atoms with Crippen molar-refractivity contribution in [3.8, 4) is 17.2 Å². The molecule has 2 N–H and O–H groups in total. The topological polar surface area (TPSA) is 66.8 Å². The van der Waals surface area contributed by atoms with E-state index >= 15 is 0 Å². The quantitative estimate of drug-likeness (QED) is 0.676. The van der Waals surface area contributed by atoms with Gasteiger partial charge in [-0.1, -0.05) is 0 Å². The van der Waals surface area contributed by atoms with Gasteiger partial charge in [-0.3, -0.25) is 4.79 Å². The Morgan fingerprint density at radius 3 is 2.08 bits per heavy atom. The number of methoxy groups -OCH3 is 1. The highest BCUT2D eigenvalue weighted by Gasteiger charge is 2.11. The minimum Gasteiger partial charge on any atom is -0.504 e. The molecular formula is C9H10O4. The molecule has 0 unspecified atom stereocenters. The van der Waals surface area contributed by atoms with E-state index in [9.17, 15) is 15.0 Å². The number of hydrogen-bond acceptors (Lipinski definition) is 4. The summed E-state index contributed by atoms with van der Waals surface area (Å²) in [6.45, 7) is 1.35. The smallest absolute Gasteiger partial charge is 0.202 e. The lowest BCUT2D eigenvalue weighted by molar-refractivity contribution is 0.101. The van der Waals surface area contributed by atoms with Crippen molar-refractivity contribution in [3.63, 3.8) is 0 Å². The Bertz CT molecular complexity index is 320. The molecule has 0 spiro atoms. The molecule has 0 atom stereocenters. The van der Waals surface area contributed by atoms with E-state index in [2.05, 4.69) is 0 Å². The lowest BCUT2D eigenvalue weighted by Crippen LogP contribution is -1.93. The lowest BCUT2D eigenvalue weighted by Gasteiger charge is -2.06. The first-order valence-electron chi connectivity index (χ1n) is 3.67. The third-order valence-electron chi connectivity index (χ3n) is 1.66. The zero-order chi connectivity index (χ0) is 10.0. The van der Waals surface area contributed by atoms with Crippen LogP contribution in [0.1, 0.15) is 17.3 Å². The van der Waals surface area contributed by atoms with E-state index in [0.717, 1.165) is 0 Å². The van der Waals surface area contributed by atoms with Crippen molar-refractivity contribution in [2.24, 2.45) is 0 Å². The van der Waals surface area contributed by atoms with Crippen molar-refractivity contribution in [1.29, 1.82) is 0 Å². The van der Waals surface area contributed by atoms with Crippen molar-refractivity contribution >= 4 is 5.78 Å². The zero-order valence-electron chi connectivity index (χ0n) is 7.37. The molecule has 70 valence electrons. The number of benzene rings is 1. The van der Waals surface area contributed by atoms with Crippen molar-refractivity contribution in [1.82, 2.24) is 0 Å². The number of phenols is 2. The second kappa shape index (κ2) is 3.35. The molecule has 1 aromatic rings. The highest BCUT2D eigenvalue weighted by molar-refractivity contribution is 5.95. The van der Waals surface area contributed by atoms with Crippen LogP contribution in [0.25, 0.3) is 0 Å². The number of carbonyl (C=O) groups excluding carboxylic acids is 1. The number of aromatic hydroxyl groups is 2. The number of hydrogen-bond donors (Lipinski definition) is 2. The standard InChI is InChI=1S/C9H10O4/c1-5(10)6-3-7(11)9(13-2)8(12)4-6/h3-4,11-12H,1-2H3. The molecule has 0 bridgehead atoms. The summed E-state index contributed by atoms with van der Waals surface area (Å²) >= 11 is 0. The van der Waals surface area contributed by atoms with E-state index in [1.807, 2.05) is 0 Å². The number of phenolic OH excluding ortho intramolecular Hbond substituents is 2. The lowest BCUT2D eigenvalue weighted by atomic mass is 10.1. The second-order valence-electron chi connectivity index (χ2n) is 2.60. The van der Waals surface area contributed by atoms with Crippen LogP contribution < -0.4 is 4.74 Å². The number of Topliss-reactive ketones (excluding diaryl/α,β-unsaturated/α-hetero) is 1. The number of ether oxygens (including phenoxy) is 1. The minimum atomic E-state index is -0.243. The summed E-state index contributed by atoms with van der Waals surface area (Å²) in [5.41, 5.74) is 0.246. The summed E-state index contributed by atoms with van der Waals surface area (Å²) in [6, 6.07) is 2.50. The van der Waals surface area contributed by atoms with Gasteiger partial charge in [0.1, 0.15) is 0 Å². The summed E-state index contributed by atoms with van der Waals surface area (Å²) in [4.78, 5) is 10.9. The molecule has 0 amide bonds. The second-order valence-corrected chi connectivity index (χ2v) is 2.60. The minimum absolute atomic E-state index is 0.0231. The maximum atomic E-state index is 10.9. The number of carbonyl (C=O) groups is 1. The molecular weight excluding hydrogens is 172 g/mol. The molecule has 0 aromatic heterocycles. The van der Waals surface area contributed by atoms with Gasteiger partial charge in [0.2, 0.25) is 5.75 Å². The molecule has 0 saturated heterocycles. The van der Waals surface area contributed by atoms with Gasteiger partial charge in [-0.05, 0) is 19.1 Å². The van der Waals surface area contributed by atoms with Crippen LogP contribution in [0.2, 0.25) is 0 Å². The molecule has 0 aliphatic carbocycles. The van der Waals surface area contributed by atoms with Gasteiger partial charge in [-0.2, -0.15) is 0 Å². The molecule has 13 heavy (non-hydrogen) atoms. The Balaban J connectivity index is 3.28.